The molecular weight excluding hydrogens is 294 g/mol. The molecule has 0 bridgehead atoms. The number of nitrogens with zero attached hydrogens (tertiary/aromatic N) is 3. The number of likely N-dealkylation sites (tertiary alicyclic amines) is 2. The van der Waals surface area contributed by atoms with Crippen LogP contribution in [-0.2, 0) is 0 Å². The number of carbonyl (C=O) groups is 1. The van der Waals surface area contributed by atoms with E-state index in [1.54, 1.807) is 13.0 Å². The molecule has 7 nitrogen and oxygen atoms in total. The minimum absolute atomic E-state index is 0.198. The highest BCUT2D eigenvalue weighted by atomic mass is 16.5. The average Bonchev–Trinajstić information content (AvgIpc) is 2.94. The Labute approximate surface area is 137 Å². The molecule has 0 saturated carbocycles. The van der Waals surface area contributed by atoms with Gasteiger partial charge in [-0.25, -0.2) is 4.79 Å². The highest BCUT2D eigenvalue weighted by Gasteiger charge is 2.27. The SMILES string of the molecule is Cc1cc(NC(=O)NC2CCN(C3CCN(C)CC3)CC2)no1. The highest BCUT2D eigenvalue weighted by Crippen LogP contribution is 2.20. The molecule has 2 aliphatic heterocycles. The number of carbonyl (C=O) groups excluding carboxylic acids is 1. The number of amides is 2. The van der Waals surface area contributed by atoms with Gasteiger partial charge >= 0.3 is 6.03 Å². The van der Waals surface area contributed by atoms with Gasteiger partial charge in [-0.15, -0.1) is 0 Å². The van der Waals surface area contributed by atoms with Gasteiger partial charge in [-0.3, -0.25) is 5.32 Å². The van der Waals surface area contributed by atoms with Crippen molar-refractivity contribution in [2.45, 2.75) is 44.7 Å². The number of nitrogens with one attached hydrogen (secondary N) is 2. The number of rotatable bonds is 3. The van der Waals surface area contributed by atoms with Crippen LogP contribution in [0.3, 0.4) is 0 Å². The van der Waals surface area contributed by atoms with Gasteiger partial charge in [-0.1, -0.05) is 5.16 Å². The number of piperidine rings is 2. The second kappa shape index (κ2) is 7.31. The molecule has 2 N–H and O–H groups in total. The Morgan fingerprint density at radius 3 is 2.52 bits per heavy atom. The quantitative estimate of drug-likeness (QED) is 0.886. The zero-order valence-electron chi connectivity index (χ0n) is 14.0. The highest BCUT2D eigenvalue weighted by molar-refractivity contribution is 5.88. The van der Waals surface area contributed by atoms with E-state index in [0.29, 0.717) is 11.6 Å². The number of hydrogen-bond donors (Lipinski definition) is 2. The van der Waals surface area contributed by atoms with Crippen molar-refractivity contribution in [1.29, 1.82) is 0 Å². The van der Waals surface area contributed by atoms with E-state index >= 15 is 0 Å². The van der Waals surface area contributed by atoms with Crippen LogP contribution in [0.5, 0.6) is 0 Å². The van der Waals surface area contributed by atoms with Crippen molar-refractivity contribution in [3.05, 3.63) is 11.8 Å². The molecule has 0 spiro atoms. The predicted molar refractivity (Wildman–Crippen MR) is 88.5 cm³/mol. The Morgan fingerprint density at radius 1 is 1.22 bits per heavy atom. The first-order valence-electron chi connectivity index (χ1n) is 8.53. The minimum Gasteiger partial charge on any atom is -0.360 e. The molecule has 0 atom stereocenters. The molecule has 1 aromatic rings. The molecule has 0 radical (unpaired) electrons. The maximum Gasteiger partial charge on any atom is 0.320 e. The molecule has 7 heteroatoms. The molecule has 2 amide bonds. The van der Waals surface area contributed by atoms with Crippen LogP contribution in [0.4, 0.5) is 10.6 Å². The van der Waals surface area contributed by atoms with E-state index < -0.39 is 0 Å². The van der Waals surface area contributed by atoms with Gasteiger partial charge < -0.3 is 19.6 Å². The standard InChI is InChI=1S/C16H27N5O2/c1-12-11-15(19-23-12)18-16(22)17-13-3-9-21(10-4-13)14-5-7-20(2)8-6-14/h11,13-14H,3-10H2,1-2H3,(H2,17,18,19,22). The van der Waals surface area contributed by atoms with Crippen molar-refractivity contribution in [3.8, 4) is 0 Å². The molecule has 2 saturated heterocycles. The van der Waals surface area contributed by atoms with Crippen LogP contribution in [0.1, 0.15) is 31.4 Å². The summed E-state index contributed by atoms with van der Waals surface area (Å²) in [5, 5.41) is 9.53. The second-order valence-electron chi connectivity index (χ2n) is 6.77. The monoisotopic (exact) mass is 321 g/mol. The number of hydrogen-bond acceptors (Lipinski definition) is 5. The fourth-order valence-corrected chi connectivity index (χ4v) is 3.53. The summed E-state index contributed by atoms with van der Waals surface area (Å²) in [4.78, 5) is 17.0. The van der Waals surface area contributed by atoms with Gasteiger partial charge in [0.15, 0.2) is 5.82 Å². The van der Waals surface area contributed by atoms with Crippen LogP contribution in [0.2, 0.25) is 0 Å². The first-order valence-corrected chi connectivity index (χ1v) is 8.53. The normalized spacial score (nSPS) is 22.2. The lowest BCUT2D eigenvalue weighted by Gasteiger charge is -2.41. The average molecular weight is 321 g/mol. The number of urea groups is 1. The molecular formula is C16H27N5O2. The van der Waals surface area contributed by atoms with E-state index in [0.717, 1.165) is 32.0 Å². The van der Waals surface area contributed by atoms with Gasteiger partial charge in [0.25, 0.3) is 0 Å². The Morgan fingerprint density at radius 2 is 1.91 bits per heavy atom. The van der Waals surface area contributed by atoms with Crippen molar-refractivity contribution in [2.75, 3.05) is 38.5 Å². The molecule has 23 heavy (non-hydrogen) atoms. The van der Waals surface area contributed by atoms with Crippen LogP contribution in [0.25, 0.3) is 0 Å². The van der Waals surface area contributed by atoms with E-state index in [4.69, 9.17) is 4.52 Å². The van der Waals surface area contributed by atoms with Crippen molar-refractivity contribution in [1.82, 2.24) is 20.3 Å². The van der Waals surface area contributed by atoms with E-state index in [2.05, 4.69) is 32.6 Å². The number of aromatic nitrogens is 1. The smallest absolute Gasteiger partial charge is 0.320 e. The number of aryl methyl sites for hydroxylation is 1. The first kappa shape index (κ1) is 16.3. The fraction of sp³-hybridized carbons (Fsp3) is 0.750. The first-order chi connectivity index (χ1) is 11.1. The fourth-order valence-electron chi connectivity index (χ4n) is 3.53. The van der Waals surface area contributed by atoms with Crippen LogP contribution >= 0.6 is 0 Å². The summed E-state index contributed by atoms with van der Waals surface area (Å²) in [5.74, 6) is 1.15. The third kappa shape index (κ3) is 4.45. The summed E-state index contributed by atoms with van der Waals surface area (Å²) in [6.45, 7) is 6.34. The lowest BCUT2D eigenvalue weighted by Crippen LogP contribution is -2.51. The molecule has 3 rings (SSSR count). The Bertz CT molecular complexity index is 516. The summed E-state index contributed by atoms with van der Waals surface area (Å²) in [6.07, 6.45) is 4.55. The predicted octanol–water partition coefficient (Wildman–Crippen LogP) is 1.66. The topological polar surface area (TPSA) is 73.6 Å². The Hall–Kier alpha value is -1.60. The summed E-state index contributed by atoms with van der Waals surface area (Å²) >= 11 is 0. The molecule has 128 valence electrons. The second-order valence-corrected chi connectivity index (χ2v) is 6.77. The van der Waals surface area contributed by atoms with Gasteiger partial charge in [0, 0.05) is 31.2 Å². The third-order valence-electron chi connectivity index (χ3n) is 4.94. The van der Waals surface area contributed by atoms with Crippen LogP contribution < -0.4 is 10.6 Å². The zero-order valence-corrected chi connectivity index (χ0v) is 14.0. The van der Waals surface area contributed by atoms with Gasteiger partial charge in [0.05, 0.1) is 0 Å². The van der Waals surface area contributed by atoms with Crippen molar-refractivity contribution < 1.29 is 9.32 Å². The lowest BCUT2D eigenvalue weighted by molar-refractivity contribution is 0.0938. The Balaban J connectivity index is 1.39. The van der Waals surface area contributed by atoms with Gasteiger partial charge in [0.1, 0.15) is 5.76 Å². The van der Waals surface area contributed by atoms with Crippen LogP contribution in [0.15, 0.2) is 10.6 Å². The maximum atomic E-state index is 12.0. The van der Waals surface area contributed by atoms with Gasteiger partial charge in [-0.2, -0.15) is 0 Å². The van der Waals surface area contributed by atoms with Crippen LogP contribution in [0, 0.1) is 6.92 Å². The Kier molecular flexibility index (Phi) is 5.17. The van der Waals surface area contributed by atoms with E-state index in [1.807, 2.05) is 0 Å². The van der Waals surface area contributed by atoms with E-state index in [1.165, 1.54) is 25.9 Å². The summed E-state index contributed by atoms with van der Waals surface area (Å²) in [7, 11) is 2.20. The molecule has 3 heterocycles. The van der Waals surface area contributed by atoms with Crippen molar-refractivity contribution in [3.63, 3.8) is 0 Å². The summed E-state index contributed by atoms with van der Waals surface area (Å²) in [6, 6.07) is 2.48. The van der Waals surface area contributed by atoms with Gasteiger partial charge in [-0.05, 0) is 52.7 Å². The largest absolute Gasteiger partial charge is 0.360 e. The maximum absolute atomic E-state index is 12.0. The molecule has 2 aliphatic rings. The third-order valence-corrected chi connectivity index (χ3v) is 4.94. The minimum atomic E-state index is -0.198. The van der Waals surface area contributed by atoms with E-state index in [-0.39, 0.29) is 12.1 Å². The van der Waals surface area contributed by atoms with E-state index in [9.17, 15) is 4.79 Å². The molecule has 0 unspecified atom stereocenters. The van der Waals surface area contributed by atoms with Crippen molar-refractivity contribution in [2.24, 2.45) is 0 Å². The molecule has 0 aliphatic carbocycles. The number of anilines is 1. The van der Waals surface area contributed by atoms with Crippen LogP contribution in [-0.4, -0.2) is 66.3 Å². The summed E-state index contributed by atoms with van der Waals surface area (Å²) < 4.78 is 4.94. The summed E-state index contributed by atoms with van der Waals surface area (Å²) in [5.41, 5.74) is 0. The lowest BCUT2D eigenvalue weighted by atomic mass is 9.98. The molecule has 2 fully saturated rings. The molecule has 0 aromatic carbocycles. The van der Waals surface area contributed by atoms with Gasteiger partial charge in [0.2, 0.25) is 0 Å². The zero-order chi connectivity index (χ0) is 16.2. The molecule has 1 aromatic heterocycles. The van der Waals surface area contributed by atoms with Crippen molar-refractivity contribution >= 4 is 11.8 Å².